The lowest BCUT2D eigenvalue weighted by Crippen LogP contribution is -2.38. The molecule has 178 valence electrons. The zero-order valence-electron chi connectivity index (χ0n) is 19.2. The van der Waals surface area contributed by atoms with Gasteiger partial charge in [0.25, 0.3) is 0 Å². The minimum atomic E-state index is -0.115. The van der Waals surface area contributed by atoms with Gasteiger partial charge in [0.2, 0.25) is 12.7 Å². The first-order chi connectivity index (χ1) is 16.7. The first kappa shape index (κ1) is 22.2. The molecule has 0 radical (unpaired) electrons. The van der Waals surface area contributed by atoms with Gasteiger partial charge in [0.05, 0.1) is 25.3 Å². The Balaban J connectivity index is 1.27. The molecule has 3 aromatic rings. The molecular formula is C25H28N4O5. The van der Waals surface area contributed by atoms with Crippen molar-refractivity contribution < 1.29 is 23.7 Å². The molecule has 1 saturated heterocycles. The number of anilines is 1. The summed E-state index contributed by atoms with van der Waals surface area (Å²) in [6, 6.07) is 13.2. The number of rotatable bonds is 8. The van der Waals surface area contributed by atoms with Crippen LogP contribution in [-0.4, -0.2) is 66.8 Å². The van der Waals surface area contributed by atoms with Gasteiger partial charge in [-0.3, -0.25) is 14.4 Å². The minimum absolute atomic E-state index is 0.115. The van der Waals surface area contributed by atoms with Crippen LogP contribution in [0.5, 0.6) is 17.2 Å². The molecule has 2 aliphatic rings. The third-order valence-corrected chi connectivity index (χ3v) is 5.93. The van der Waals surface area contributed by atoms with Crippen molar-refractivity contribution in [2.75, 3.05) is 51.6 Å². The summed E-state index contributed by atoms with van der Waals surface area (Å²) >= 11 is 0. The molecule has 0 unspecified atom stereocenters. The van der Waals surface area contributed by atoms with Gasteiger partial charge in [-0.1, -0.05) is 6.07 Å². The zero-order chi connectivity index (χ0) is 23.3. The standard InChI is InChI=1S/C25H28N4O5/c1-28-21(6-7-26-28)20-16-19(3-5-22(20)32-13-10-29-8-11-31-12-9-29)27-25(30)15-18-2-4-23-24(14-18)34-17-33-23/h2-7,14,16H,8-13,15,17H2,1H3,(H,27,30). The Bertz CT molecular complexity index is 1160. The third kappa shape index (κ3) is 5.16. The van der Waals surface area contributed by atoms with Crippen LogP contribution < -0.4 is 19.5 Å². The van der Waals surface area contributed by atoms with Crippen LogP contribution in [0.1, 0.15) is 5.56 Å². The number of carbonyl (C=O) groups is 1. The Morgan fingerprint density at radius 3 is 2.76 bits per heavy atom. The largest absolute Gasteiger partial charge is 0.492 e. The number of nitrogens with zero attached hydrogens (tertiary/aromatic N) is 3. The number of ether oxygens (including phenoxy) is 4. The Kier molecular flexibility index (Phi) is 6.64. The van der Waals surface area contributed by atoms with E-state index in [0.29, 0.717) is 23.8 Å². The predicted octanol–water partition coefficient (Wildman–Crippen LogP) is 2.71. The van der Waals surface area contributed by atoms with Crippen molar-refractivity contribution in [3.8, 4) is 28.5 Å². The van der Waals surface area contributed by atoms with Gasteiger partial charge < -0.3 is 24.3 Å². The molecule has 0 atom stereocenters. The Hall–Kier alpha value is -3.56. The second-order valence-corrected chi connectivity index (χ2v) is 8.27. The zero-order valence-corrected chi connectivity index (χ0v) is 19.2. The molecule has 34 heavy (non-hydrogen) atoms. The fraction of sp³-hybridized carbons (Fsp3) is 0.360. The maximum absolute atomic E-state index is 12.7. The number of morpholine rings is 1. The highest BCUT2D eigenvalue weighted by Crippen LogP contribution is 2.34. The number of amides is 1. The molecule has 0 bridgehead atoms. The lowest BCUT2D eigenvalue weighted by atomic mass is 10.1. The molecule has 2 aliphatic heterocycles. The topological polar surface area (TPSA) is 87.1 Å². The fourth-order valence-electron chi connectivity index (χ4n) is 4.12. The second-order valence-electron chi connectivity index (χ2n) is 8.27. The number of carbonyl (C=O) groups excluding carboxylic acids is 1. The fourth-order valence-corrected chi connectivity index (χ4v) is 4.12. The third-order valence-electron chi connectivity index (χ3n) is 5.93. The van der Waals surface area contributed by atoms with Crippen molar-refractivity contribution in [1.82, 2.24) is 14.7 Å². The van der Waals surface area contributed by atoms with Crippen molar-refractivity contribution >= 4 is 11.6 Å². The monoisotopic (exact) mass is 464 g/mol. The average molecular weight is 465 g/mol. The summed E-state index contributed by atoms with van der Waals surface area (Å²) in [5.41, 5.74) is 3.34. The molecule has 0 aliphatic carbocycles. The predicted molar refractivity (Wildman–Crippen MR) is 126 cm³/mol. The quantitative estimate of drug-likeness (QED) is 0.549. The van der Waals surface area contributed by atoms with E-state index in [1.54, 1.807) is 10.9 Å². The van der Waals surface area contributed by atoms with Crippen LogP contribution in [0.2, 0.25) is 0 Å². The van der Waals surface area contributed by atoms with E-state index < -0.39 is 0 Å². The Morgan fingerprint density at radius 2 is 1.94 bits per heavy atom. The van der Waals surface area contributed by atoms with Crippen molar-refractivity contribution in [1.29, 1.82) is 0 Å². The molecule has 1 fully saturated rings. The molecule has 0 saturated carbocycles. The number of nitrogens with one attached hydrogen (secondary N) is 1. The summed E-state index contributed by atoms with van der Waals surface area (Å²) in [4.78, 5) is 15.1. The Labute approximate surface area is 198 Å². The normalized spacial score (nSPS) is 15.3. The highest BCUT2D eigenvalue weighted by molar-refractivity contribution is 5.93. The molecule has 1 amide bonds. The van der Waals surface area contributed by atoms with Gasteiger partial charge in [-0.25, -0.2) is 0 Å². The van der Waals surface area contributed by atoms with Crippen molar-refractivity contribution in [3.05, 3.63) is 54.2 Å². The SMILES string of the molecule is Cn1nccc1-c1cc(NC(=O)Cc2ccc3c(c2)OCO3)ccc1OCCN1CCOCC1. The summed E-state index contributed by atoms with van der Waals surface area (Å²) in [6.45, 7) is 4.99. The van der Waals surface area contributed by atoms with Gasteiger partial charge in [-0.15, -0.1) is 0 Å². The van der Waals surface area contributed by atoms with Crippen LogP contribution in [0.25, 0.3) is 11.3 Å². The summed E-state index contributed by atoms with van der Waals surface area (Å²) in [5.74, 6) is 2.01. The van der Waals surface area contributed by atoms with E-state index in [1.807, 2.05) is 49.5 Å². The highest BCUT2D eigenvalue weighted by atomic mass is 16.7. The summed E-state index contributed by atoms with van der Waals surface area (Å²) in [5, 5.41) is 7.29. The van der Waals surface area contributed by atoms with Crippen LogP contribution in [-0.2, 0) is 23.0 Å². The van der Waals surface area contributed by atoms with Crippen LogP contribution in [0.4, 0.5) is 5.69 Å². The summed E-state index contributed by atoms with van der Waals surface area (Å²) in [6.07, 6.45) is 1.98. The average Bonchev–Trinajstić information content (AvgIpc) is 3.49. The maximum Gasteiger partial charge on any atom is 0.231 e. The lowest BCUT2D eigenvalue weighted by Gasteiger charge is -2.26. The summed E-state index contributed by atoms with van der Waals surface area (Å²) < 4.78 is 24.1. The first-order valence-corrected chi connectivity index (χ1v) is 11.4. The van der Waals surface area contributed by atoms with Crippen LogP contribution >= 0.6 is 0 Å². The van der Waals surface area contributed by atoms with Gasteiger partial charge in [-0.05, 0) is 42.0 Å². The molecule has 9 nitrogen and oxygen atoms in total. The van der Waals surface area contributed by atoms with Gasteiger partial charge in [0.1, 0.15) is 12.4 Å². The molecule has 0 spiro atoms. The summed E-state index contributed by atoms with van der Waals surface area (Å²) in [7, 11) is 1.89. The maximum atomic E-state index is 12.7. The minimum Gasteiger partial charge on any atom is -0.492 e. The molecule has 1 aromatic heterocycles. The molecule has 3 heterocycles. The van der Waals surface area contributed by atoms with Crippen molar-refractivity contribution in [2.24, 2.45) is 7.05 Å². The molecule has 5 rings (SSSR count). The Morgan fingerprint density at radius 1 is 1.09 bits per heavy atom. The van der Waals surface area contributed by atoms with Gasteiger partial charge >= 0.3 is 0 Å². The highest BCUT2D eigenvalue weighted by Gasteiger charge is 2.17. The smallest absolute Gasteiger partial charge is 0.231 e. The lowest BCUT2D eigenvalue weighted by molar-refractivity contribution is -0.115. The van der Waals surface area contributed by atoms with E-state index in [2.05, 4.69) is 15.3 Å². The number of hydrogen-bond donors (Lipinski definition) is 1. The first-order valence-electron chi connectivity index (χ1n) is 11.4. The molecule has 9 heteroatoms. The van der Waals surface area contributed by atoms with E-state index in [1.165, 1.54) is 0 Å². The van der Waals surface area contributed by atoms with E-state index >= 15 is 0 Å². The van der Waals surface area contributed by atoms with E-state index in [-0.39, 0.29) is 19.1 Å². The van der Waals surface area contributed by atoms with Crippen molar-refractivity contribution in [2.45, 2.75) is 6.42 Å². The number of benzene rings is 2. The molecule has 1 N–H and O–H groups in total. The van der Waals surface area contributed by atoms with Gasteiger partial charge in [-0.2, -0.15) is 5.10 Å². The molecular weight excluding hydrogens is 436 g/mol. The van der Waals surface area contributed by atoms with Gasteiger partial charge in [0, 0.05) is 44.1 Å². The molecule has 2 aromatic carbocycles. The number of aryl methyl sites for hydroxylation is 1. The van der Waals surface area contributed by atoms with E-state index in [4.69, 9.17) is 18.9 Å². The van der Waals surface area contributed by atoms with E-state index in [9.17, 15) is 4.79 Å². The number of aromatic nitrogens is 2. The van der Waals surface area contributed by atoms with Crippen LogP contribution in [0, 0.1) is 0 Å². The van der Waals surface area contributed by atoms with E-state index in [0.717, 1.165) is 55.4 Å². The van der Waals surface area contributed by atoms with Crippen LogP contribution in [0.3, 0.4) is 0 Å². The van der Waals surface area contributed by atoms with Crippen LogP contribution in [0.15, 0.2) is 48.7 Å². The van der Waals surface area contributed by atoms with Gasteiger partial charge in [0.15, 0.2) is 11.5 Å². The van der Waals surface area contributed by atoms with Crippen molar-refractivity contribution in [3.63, 3.8) is 0 Å². The number of hydrogen-bond acceptors (Lipinski definition) is 7. The second kappa shape index (κ2) is 10.1. The number of fused-ring (bicyclic) bond motifs is 1.